The Bertz CT molecular complexity index is 1470. The minimum atomic E-state index is -0.693. The van der Waals surface area contributed by atoms with Crippen LogP contribution in [0.1, 0.15) is 65.0 Å². The van der Waals surface area contributed by atoms with Crippen molar-refractivity contribution < 1.29 is 24.5 Å². The van der Waals surface area contributed by atoms with Crippen LogP contribution in [0.15, 0.2) is 103 Å². The maximum atomic E-state index is 12.8. The Hall–Kier alpha value is -3.92. The van der Waals surface area contributed by atoms with Crippen molar-refractivity contribution in [3.63, 3.8) is 0 Å². The van der Waals surface area contributed by atoms with E-state index in [0.29, 0.717) is 17.8 Å². The van der Waals surface area contributed by atoms with Crippen LogP contribution in [-0.4, -0.2) is 51.7 Å². The number of hydrogen-bond acceptors (Lipinski definition) is 7. The molecule has 1 saturated heterocycles. The van der Waals surface area contributed by atoms with Gasteiger partial charge in [0, 0.05) is 42.1 Å². The number of carbonyl (C=O) groups excluding carboxylic acids is 1. The number of aromatic nitrogens is 1. The van der Waals surface area contributed by atoms with Crippen molar-refractivity contribution in [2.75, 3.05) is 18.9 Å². The standard InChI is InChI=1S/C35H39N3O5/c1-23-31(21-38(3)24(2)32(40)26-9-5-4-6-10-26)42-35(43-33(23)27-16-14-25(22-39)15-17-27)28-11-7-13-30(19-28)37-34(41)29-12-8-18-36-20-29/h4-20,23-24,31-33,35,39-40H,21-22H2,1-3H3,(H,37,41). The lowest BCUT2D eigenvalue weighted by Crippen LogP contribution is -2.46. The van der Waals surface area contributed by atoms with Gasteiger partial charge in [0.25, 0.3) is 5.91 Å². The second-order valence-electron chi connectivity index (χ2n) is 11.2. The fourth-order valence-electron chi connectivity index (χ4n) is 5.41. The summed E-state index contributed by atoms with van der Waals surface area (Å²) in [7, 11) is 2.00. The zero-order valence-electron chi connectivity index (χ0n) is 24.7. The highest BCUT2D eigenvalue weighted by Crippen LogP contribution is 2.42. The Morgan fingerprint density at radius 2 is 1.74 bits per heavy atom. The molecule has 8 heteroatoms. The van der Waals surface area contributed by atoms with Gasteiger partial charge in [-0.1, -0.05) is 73.7 Å². The number of aliphatic hydroxyl groups excluding tert-OH is 2. The average Bonchev–Trinajstić information content (AvgIpc) is 3.06. The Balaban J connectivity index is 1.38. The molecule has 0 spiro atoms. The highest BCUT2D eigenvalue weighted by molar-refractivity contribution is 6.04. The monoisotopic (exact) mass is 581 g/mol. The molecule has 4 aromatic rings. The highest BCUT2D eigenvalue weighted by Gasteiger charge is 2.39. The van der Waals surface area contributed by atoms with Gasteiger partial charge in [0.05, 0.1) is 30.5 Å². The van der Waals surface area contributed by atoms with Gasteiger partial charge in [-0.25, -0.2) is 0 Å². The first-order valence-corrected chi connectivity index (χ1v) is 14.6. The third-order valence-electron chi connectivity index (χ3n) is 8.23. The van der Waals surface area contributed by atoms with Crippen LogP contribution in [0.3, 0.4) is 0 Å². The number of benzene rings is 3. The van der Waals surface area contributed by atoms with Gasteiger partial charge in [-0.15, -0.1) is 0 Å². The molecular weight excluding hydrogens is 542 g/mol. The van der Waals surface area contributed by atoms with Crippen molar-refractivity contribution in [3.8, 4) is 0 Å². The molecule has 1 aromatic heterocycles. The first-order chi connectivity index (χ1) is 20.8. The van der Waals surface area contributed by atoms with Gasteiger partial charge in [0.2, 0.25) is 0 Å². The zero-order valence-corrected chi connectivity index (χ0v) is 24.7. The third kappa shape index (κ3) is 7.36. The molecule has 3 aromatic carbocycles. The van der Waals surface area contributed by atoms with Gasteiger partial charge in [-0.2, -0.15) is 0 Å². The van der Waals surface area contributed by atoms with Crippen LogP contribution in [0.25, 0.3) is 0 Å². The van der Waals surface area contributed by atoms with E-state index in [2.05, 4.69) is 22.1 Å². The van der Waals surface area contributed by atoms with Gasteiger partial charge in [0.1, 0.15) is 0 Å². The number of nitrogens with one attached hydrogen (secondary N) is 1. The predicted molar refractivity (Wildman–Crippen MR) is 165 cm³/mol. The molecule has 0 radical (unpaired) electrons. The van der Waals surface area contributed by atoms with Gasteiger partial charge in [0.15, 0.2) is 6.29 Å². The average molecular weight is 582 g/mol. The molecular formula is C35H39N3O5. The number of aliphatic hydroxyl groups is 2. The predicted octanol–water partition coefficient (Wildman–Crippen LogP) is 5.67. The van der Waals surface area contributed by atoms with E-state index in [-0.39, 0.29) is 36.7 Å². The molecule has 6 unspecified atom stereocenters. The maximum absolute atomic E-state index is 12.8. The van der Waals surface area contributed by atoms with Crippen LogP contribution in [0.4, 0.5) is 5.69 Å². The number of rotatable bonds is 10. The highest BCUT2D eigenvalue weighted by atomic mass is 16.7. The van der Waals surface area contributed by atoms with E-state index in [4.69, 9.17) is 9.47 Å². The lowest BCUT2D eigenvalue weighted by Gasteiger charge is -2.43. The van der Waals surface area contributed by atoms with Crippen LogP contribution >= 0.6 is 0 Å². The van der Waals surface area contributed by atoms with Crippen LogP contribution in [0.2, 0.25) is 0 Å². The number of ether oxygens (including phenoxy) is 2. The number of nitrogens with zero attached hydrogens (tertiary/aromatic N) is 2. The molecule has 1 aliphatic heterocycles. The molecule has 0 saturated carbocycles. The summed E-state index contributed by atoms with van der Waals surface area (Å²) in [6.07, 6.45) is 1.29. The summed E-state index contributed by atoms with van der Waals surface area (Å²) in [6.45, 7) is 4.66. The third-order valence-corrected chi connectivity index (χ3v) is 8.23. The molecule has 8 nitrogen and oxygen atoms in total. The summed E-state index contributed by atoms with van der Waals surface area (Å²) < 4.78 is 13.2. The molecule has 43 heavy (non-hydrogen) atoms. The lowest BCUT2D eigenvalue weighted by molar-refractivity contribution is -0.276. The van der Waals surface area contributed by atoms with Crippen molar-refractivity contribution in [1.82, 2.24) is 9.88 Å². The molecule has 1 fully saturated rings. The fourth-order valence-corrected chi connectivity index (χ4v) is 5.41. The molecule has 1 aliphatic rings. The van der Waals surface area contributed by atoms with E-state index >= 15 is 0 Å². The first-order valence-electron chi connectivity index (χ1n) is 14.6. The quantitative estimate of drug-likeness (QED) is 0.222. The molecule has 0 aliphatic carbocycles. The molecule has 1 amide bonds. The normalized spacial score (nSPS) is 21.7. The Labute approximate surface area is 252 Å². The van der Waals surface area contributed by atoms with Gasteiger partial charge < -0.3 is 25.0 Å². The largest absolute Gasteiger partial charge is 0.392 e. The van der Waals surface area contributed by atoms with Crippen LogP contribution < -0.4 is 5.32 Å². The molecule has 2 heterocycles. The topological polar surface area (TPSA) is 104 Å². The van der Waals surface area contributed by atoms with Crippen LogP contribution in [0.5, 0.6) is 0 Å². The number of anilines is 1. The van der Waals surface area contributed by atoms with Gasteiger partial charge in [-0.3, -0.25) is 14.7 Å². The second kappa shape index (κ2) is 14.0. The minimum Gasteiger partial charge on any atom is -0.392 e. The maximum Gasteiger partial charge on any atom is 0.257 e. The number of carbonyl (C=O) groups is 1. The number of hydrogen-bond donors (Lipinski definition) is 3. The molecule has 6 atom stereocenters. The van der Waals surface area contributed by atoms with E-state index in [1.54, 1.807) is 18.3 Å². The summed E-state index contributed by atoms with van der Waals surface area (Å²) in [6, 6.07) is 28.2. The van der Waals surface area contributed by atoms with Crippen molar-refractivity contribution in [2.24, 2.45) is 5.92 Å². The van der Waals surface area contributed by atoms with Crippen molar-refractivity contribution in [3.05, 3.63) is 131 Å². The van der Waals surface area contributed by atoms with E-state index in [9.17, 15) is 15.0 Å². The Morgan fingerprint density at radius 3 is 2.44 bits per heavy atom. The lowest BCUT2D eigenvalue weighted by atomic mass is 9.89. The van der Waals surface area contributed by atoms with E-state index in [1.807, 2.05) is 92.8 Å². The number of amides is 1. The summed E-state index contributed by atoms with van der Waals surface area (Å²) in [5.41, 5.74) is 4.55. The summed E-state index contributed by atoms with van der Waals surface area (Å²) >= 11 is 0. The fraction of sp³-hybridized carbons (Fsp3) is 0.314. The van der Waals surface area contributed by atoms with Crippen molar-refractivity contribution in [1.29, 1.82) is 0 Å². The minimum absolute atomic E-state index is 0.0202. The number of likely N-dealkylation sites (N-methyl/N-ethyl adjacent to an activating group) is 1. The van der Waals surface area contributed by atoms with E-state index in [1.165, 1.54) is 6.20 Å². The van der Waals surface area contributed by atoms with Gasteiger partial charge >= 0.3 is 0 Å². The molecule has 224 valence electrons. The van der Waals surface area contributed by atoms with Gasteiger partial charge in [-0.05, 0) is 54.9 Å². The Morgan fingerprint density at radius 1 is 0.977 bits per heavy atom. The van der Waals surface area contributed by atoms with E-state index < -0.39 is 12.4 Å². The Kier molecular flexibility index (Phi) is 9.97. The second-order valence-corrected chi connectivity index (χ2v) is 11.2. The van der Waals surface area contributed by atoms with Crippen LogP contribution in [0, 0.1) is 5.92 Å². The SMILES string of the molecule is CC1C(CN(C)C(C)C(O)c2ccccc2)OC(c2cccc(NC(=O)c3cccnc3)c2)OC1c1ccc(CO)cc1. The van der Waals surface area contributed by atoms with Crippen LogP contribution in [-0.2, 0) is 16.1 Å². The van der Waals surface area contributed by atoms with Crippen molar-refractivity contribution >= 4 is 11.6 Å². The van der Waals surface area contributed by atoms with Crippen molar-refractivity contribution in [2.45, 2.75) is 51.1 Å². The molecule has 0 bridgehead atoms. The summed E-state index contributed by atoms with van der Waals surface area (Å²) in [4.78, 5) is 18.9. The van der Waals surface area contributed by atoms with E-state index in [0.717, 1.165) is 22.3 Å². The molecule has 3 N–H and O–H groups in total. The molecule has 5 rings (SSSR count). The zero-order chi connectivity index (χ0) is 30.3. The summed E-state index contributed by atoms with van der Waals surface area (Å²) in [5, 5.41) is 23.6. The first kappa shape index (κ1) is 30.5. The number of pyridine rings is 1. The summed E-state index contributed by atoms with van der Waals surface area (Å²) in [5.74, 6) is -0.273. The smallest absolute Gasteiger partial charge is 0.257 e.